The molecule has 0 bridgehead atoms. The summed E-state index contributed by atoms with van der Waals surface area (Å²) in [6.07, 6.45) is 5.10. The molecule has 6 heteroatoms. The second-order valence-electron chi connectivity index (χ2n) is 5.58. The van der Waals surface area contributed by atoms with Gasteiger partial charge in [0.2, 0.25) is 0 Å². The van der Waals surface area contributed by atoms with Gasteiger partial charge in [0.15, 0.2) is 5.16 Å². The first kappa shape index (κ1) is 16.3. The van der Waals surface area contributed by atoms with Crippen molar-refractivity contribution < 1.29 is 4.79 Å². The van der Waals surface area contributed by atoms with Crippen LogP contribution in [0.1, 0.15) is 25.7 Å². The fourth-order valence-electron chi connectivity index (χ4n) is 2.76. The lowest BCUT2D eigenvalue weighted by Gasteiger charge is -2.21. The molecule has 23 heavy (non-hydrogen) atoms. The Hall–Kier alpha value is -1.59. The molecule has 0 N–H and O–H groups in total. The molecule has 1 fully saturated rings. The summed E-state index contributed by atoms with van der Waals surface area (Å²) in [7, 11) is 0. The zero-order chi connectivity index (χ0) is 16.4. The number of hydrogen-bond acceptors (Lipinski definition) is 4. The molecule has 0 aliphatic heterocycles. The average molecular weight is 349 g/mol. The van der Waals surface area contributed by atoms with E-state index in [4.69, 9.17) is 11.6 Å². The summed E-state index contributed by atoms with van der Waals surface area (Å²) in [6.45, 7) is 4.08. The van der Waals surface area contributed by atoms with Gasteiger partial charge in [0.05, 0.1) is 16.2 Å². The van der Waals surface area contributed by atoms with Gasteiger partial charge in [-0.05, 0) is 31.0 Å². The maximum atomic E-state index is 12.7. The van der Waals surface area contributed by atoms with Gasteiger partial charge in [-0.3, -0.25) is 14.2 Å². The van der Waals surface area contributed by atoms with Crippen LogP contribution in [0.4, 0.5) is 0 Å². The summed E-state index contributed by atoms with van der Waals surface area (Å²) in [4.78, 5) is 29.4. The van der Waals surface area contributed by atoms with Crippen molar-refractivity contribution in [1.82, 2.24) is 9.55 Å². The molecular weight excluding hydrogens is 332 g/mol. The first-order chi connectivity index (χ1) is 11.1. The lowest BCUT2D eigenvalue weighted by Crippen LogP contribution is -2.26. The van der Waals surface area contributed by atoms with E-state index < -0.39 is 0 Å². The van der Waals surface area contributed by atoms with Crippen LogP contribution < -0.4 is 5.56 Å². The number of halogens is 1. The van der Waals surface area contributed by atoms with E-state index >= 15 is 0 Å². The Kier molecular flexibility index (Phi) is 4.87. The van der Waals surface area contributed by atoms with Crippen LogP contribution in [-0.2, 0) is 11.3 Å². The Labute approximate surface area is 143 Å². The van der Waals surface area contributed by atoms with Crippen molar-refractivity contribution in [1.29, 1.82) is 0 Å². The number of aromatic nitrogens is 2. The molecule has 120 valence electrons. The zero-order valence-electron chi connectivity index (χ0n) is 12.6. The van der Waals surface area contributed by atoms with Gasteiger partial charge in [0, 0.05) is 18.0 Å². The monoisotopic (exact) mass is 348 g/mol. The van der Waals surface area contributed by atoms with Crippen molar-refractivity contribution in [3.63, 3.8) is 0 Å². The largest absolute Gasteiger partial charge is 0.298 e. The van der Waals surface area contributed by atoms with E-state index in [1.54, 1.807) is 28.8 Å². The molecule has 0 radical (unpaired) electrons. The van der Waals surface area contributed by atoms with Crippen LogP contribution >= 0.6 is 23.4 Å². The minimum absolute atomic E-state index is 0.122. The normalized spacial score (nSPS) is 18.3. The number of carbonyl (C=O) groups is 1. The van der Waals surface area contributed by atoms with Gasteiger partial charge in [-0.15, -0.1) is 6.58 Å². The number of benzene rings is 1. The molecule has 1 aromatic heterocycles. The third kappa shape index (κ3) is 3.35. The topological polar surface area (TPSA) is 52.0 Å². The first-order valence-electron chi connectivity index (χ1n) is 7.60. The van der Waals surface area contributed by atoms with Gasteiger partial charge in [0.1, 0.15) is 5.78 Å². The second-order valence-corrected chi connectivity index (χ2v) is 7.19. The van der Waals surface area contributed by atoms with Crippen LogP contribution in [-0.4, -0.2) is 20.6 Å². The van der Waals surface area contributed by atoms with Crippen molar-refractivity contribution in [2.75, 3.05) is 0 Å². The summed E-state index contributed by atoms with van der Waals surface area (Å²) in [5.41, 5.74) is 0.436. The van der Waals surface area contributed by atoms with Crippen LogP contribution in [0.5, 0.6) is 0 Å². The molecule has 1 aliphatic rings. The number of fused-ring (bicyclic) bond motifs is 1. The summed E-state index contributed by atoms with van der Waals surface area (Å²) < 4.78 is 1.58. The molecule has 1 aliphatic carbocycles. The molecule has 1 aromatic carbocycles. The maximum Gasteiger partial charge on any atom is 0.262 e. The van der Waals surface area contributed by atoms with Gasteiger partial charge in [-0.25, -0.2) is 4.98 Å². The summed E-state index contributed by atoms with van der Waals surface area (Å²) in [5.74, 6) is 0.242. The molecular formula is C17H17ClN2O2S. The van der Waals surface area contributed by atoms with Gasteiger partial charge < -0.3 is 0 Å². The van der Waals surface area contributed by atoms with Crippen LogP contribution in [0.25, 0.3) is 10.9 Å². The molecule has 1 saturated carbocycles. The number of Topliss-reactive ketones (excluding diaryl/α,β-unsaturated/α-hetero) is 1. The highest BCUT2D eigenvalue weighted by Crippen LogP contribution is 2.31. The number of rotatable bonds is 4. The van der Waals surface area contributed by atoms with Gasteiger partial charge in [-0.1, -0.05) is 35.9 Å². The molecule has 0 spiro atoms. The van der Waals surface area contributed by atoms with E-state index in [9.17, 15) is 9.59 Å². The number of ketones is 1. The quantitative estimate of drug-likeness (QED) is 0.622. The molecule has 3 rings (SSSR count). The Morgan fingerprint density at radius 3 is 2.96 bits per heavy atom. The predicted molar refractivity (Wildman–Crippen MR) is 94.3 cm³/mol. The van der Waals surface area contributed by atoms with Crippen molar-refractivity contribution in [3.05, 3.63) is 46.2 Å². The molecule has 0 saturated heterocycles. The van der Waals surface area contributed by atoms with Crippen LogP contribution in [0.15, 0.2) is 40.8 Å². The van der Waals surface area contributed by atoms with Crippen molar-refractivity contribution in [2.45, 2.75) is 42.6 Å². The number of thioether (sulfide) groups is 1. The number of nitrogens with zero attached hydrogens (tertiary/aromatic N) is 2. The van der Waals surface area contributed by atoms with Crippen LogP contribution in [0.2, 0.25) is 5.02 Å². The molecule has 0 amide bonds. The predicted octanol–water partition coefficient (Wildman–Crippen LogP) is 3.84. The molecule has 1 unspecified atom stereocenters. The average Bonchev–Trinajstić information content (AvgIpc) is 2.53. The van der Waals surface area contributed by atoms with Gasteiger partial charge >= 0.3 is 0 Å². The summed E-state index contributed by atoms with van der Waals surface area (Å²) in [6, 6.07) is 5.05. The lowest BCUT2D eigenvalue weighted by molar-refractivity contribution is -0.119. The van der Waals surface area contributed by atoms with E-state index in [0.29, 0.717) is 34.0 Å². The Balaban J connectivity index is 2.09. The third-order valence-corrected chi connectivity index (χ3v) is 5.48. The molecule has 4 nitrogen and oxygen atoms in total. The number of allylic oxidation sites excluding steroid dienone is 1. The summed E-state index contributed by atoms with van der Waals surface area (Å²) in [5, 5.41) is 1.50. The highest BCUT2D eigenvalue weighted by atomic mass is 35.5. The fourth-order valence-corrected chi connectivity index (χ4v) is 4.15. The smallest absolute Gasteiger partial charge is 0.262 e. The number of carbonyl (C=O) groups excluding carboxylic acids is 1. The minimum Gasteiger partial charge on any atom is -0.298 e. The fraction of sp³-hybridized carbons (Fsp3) is 0.353. The third-order valence-electron chi connectivity index (χ3n) is 3.94. The zero-order valence-corrected chi connectivity index (χ0v) is 14.2. The number of hydrogen-bond donors (Lipinski definition) is 0. The van der Waals surface area contributed by atoms with Crippen molar-refractivity contribution >= 4 is 40.0 Å². The van der Waals surface area contributed by atoms with Crippen molar-refractivity contribution in [2.24, 2.45) is 0 Å². The van der Waals surface area contributed by atoms with Gasteiger partial charge in [-0.2, -0.15) is 0 Å². The standard InChI is InChI=1S/C17H17ClN2O2S/c1-2-9-20-16(22)12-8-7-11(18)10-13(12)19-17(20)23-15-6-4-3-5-14(15)21/h2,7-8,10,15H,1,3-6,9H2. The van der Waals surface area contributed by atoms with E-state index in [2.05, 4.69) is 11.6 Å². The van der Waals surface area contributed by atoms with E-state index in [0.717, 1.165) is 19.3 Å². The Morgan fingerprint density at radius 1 is 1.39 bits per heavy atom. The minimum atomic E-state index is -0.127. The SMILES string of the molecule is C=CCn1c(SC2CCCCC2=O)nc2cc(Cl)ccc2c1=O. The second kappa shape index (κ2) is 6.89. The maximum absolute atomic E-state index is 12.7. The molecule has 2 aromatic rings. The molecule has 1 atom stereocenters. The van der Waals surface area contributed by atoms with E-state index in [1.807, 2.05) is 0 Å². The van der Waals surface area contributed by atoms with Crippen LogP contribution in [0, 0.1) is 0 Å². The van der Waals surface area contributed by atoms with E-state index in [-0.39, 0.29) is 16.6 Å². The highest BCUT2D eigenvalue weighted by Gasteiger charge is 2.25. The lowest BCUT2D eigenvalue weighted by atomic mass is 9.99. The summed E-state index contributed by atoms with van der Waals surface area (Å²) >= 11 is 7.40. The van der Waals surface area contributed by atoms with Crippen molar-refractivity contribution in [3.8, 4) is 0 Å². The Morgan fingerprint density at radius 2 is 2.22 bits per heavy atom. The van der Waals surface area contributed by atoms with E-state index in [1.165, 1.54) is 11.8 Å². The first-order valence-corrected chi connectivity index (χ1v) is 8.86. The highest BCUT2D eigenvalue weighted by molar-refractivity contribution is 8.00. The van der Waals surface area contributed by atoms with Gasteiger partial charge in [0.25, 0.3) is 5.56 Å². The van der Waals surface area contributed by atoms with Crippen LogP contribution in [0.3, 0.4) is 0 Å². The Bertz CT molecular complexity index is 831. The molecule has 1 heterocycles.